The number of hydrogen-bond donors (Lipinski definition) is 3. The first-order valence-corrected chi connectivity index (χ1v) is 6.74. The van der Waals surface area contributed by atoms with Crippen LogP contribution in [0.1, 0.15) is 51.4 Å². The first kappa shape index (κ1) is 12.8. The topological polar surface area (TPSA) is 75.4 Å². The Morgan fingerprint density at radius 3 is 2.35 bits per heavy atom. The lowest BCUT2D eigenvalue weighted by Gasteiger charge is -2.32. The number of nitrogens with two attached hydrogens (primary N) is 1. The van der Waals surface area contributed by atoms with Crippen molar-refractivity contribution in [2.75, 3.05) is 13.2 Å². The van der Waals surface area contributed by atoms with Crippen molar-refractivity contribution in [2.24, 2.45) is 11.1 Å². The number of aliphatic hydroxyl groups excluding tert-OH is 1. The Morgan fingerprint density at radius 2 is 1.82 bits per heavy atom. The zero-order valence-corrected chi connectivity index (χ0v) is 10.5. The molecular weight excluding hydrogens is 216 g/mol. The summed E-state index contributed by atoms with van der Waals surface area (Å²) < 4.78 is 0. The van der Waals surface area contributed by atoms with Crippen LogP contribution in [-0.2, 0) is 4.79 Å². The van der Waals surface area contributed by atoms with Crippen molar-refractivity contribution < 1.29 is 9.90 Å². The van der Waals surface area contributed by atoms with E-state index < -0.39 is 0 Å². The van der Waals surface area contributed by atoms with Gasteiger partial charge in [0.15, 0.2) is 0 Å². The van der Waals surface area contributed by atoms with Crippen LogP contribution in [0.15, 0.2) is 0 Å². The van der Waals surface area contributed by atoms with E-state index in [2.05, 4.69) is 5.32 Å². The highest BCUT2D eigenvalue weighted by Gasteiger charge is 2.42. The molecule has 1 amide bonds. The second-order valence-corrected chi connectivity index (χ2v) is 6.03. The zero-order chi connectivity index (χ0) is 12.4. The monoisotopic (exact) mass is 240 g/mol. The molecule has 0 aromatic rings. The number of nitrogens with one attached hydrogen (secondary N) is 1. The second-order valence-electron chi connectivity index (χ2n) is 6.03. The maximum Gasteiger partial charge on any atom is 0.221 e. The third-order valence-electron chi connectivity index (χ3n) is 4.32. The third-order valence-corrected chi connectivity index (χ3v) is 4.32. The van der Waals surface area contributed by atoms with E-state index in [1.54, 1.807) is 0 Å². The van der Waals surface area contributed by atoms with Gasteiger partial charge in [0.2, 0.25) is 5.91 Å². The van der Waals surface area contributed by atoms with E-state index >= 15 is 0 Å². The minimum absolute atomic E-state index is 0.00993. The smallest absolute Gasteiger partial charge is 0.221 e. The maximum atomic E-state index is 11.8. The van der Waals surface area contributed by atoms with Crippen LogP contribution in [0, 0.1) is 5.41 Å². The van der Waals surface area contributed by atoms with Gasteiger partial charge in [-0.1, -0.05) is 19.3 Å². The summed E-state index contributed by atoms with van der Waals surface area (Å²) in [5, 5.41) is 12.1. The lowest BCUT2D eigenvalue weighted by molar-refractivity contribution is -0.122. The molecule has 2 saturated carbocycles. The average molecular weight is 240 g/mol. The van der Waals surface area contributed by atoms with Gasteiger partial charge < -0.3 is 16.2 Å². The van der Waals surface area contributed by atoms with Crippen molar-refractivity contribution in [1.29, 1.82) is 0 Å². The number of rotatable bonds is 5. The van der Waals surface area contributed by atoms with Crippen LogP contribution in [0.5, 0.6) is 0 Å². The van der Waals surface area contributed by atoms with Crippen LogP contribution < -0.4 is 11.1 Å². The van der Waals surface area contributed by atoms with Crippen LogP contribution in [-0.4, -0.2) is 29.7 Å². The fourth-order valence-electron chi connectivity index (χ4n) is 2.67. The fourth-order valence-corrected chi connectivity index (χ4v) is 2.67. The van der Waals surface area contributed by atoms with E-state index in [1.165, 1.54) is 6.42 Å². The normalized spacial score (nSPS) is 25.3. The molecule has 0 bridgehead atoms. The Bertz CT molecular complexity index is 281. The molecule has 0 spiro atoms. The molecule has 0 aliphatic heterocycles. The van der Waals surface area contributed by atoms with Gasteiger partial charge in [-0.05, 0) is 25.7 Å². The summed E-state index contributed by atoms with van der Waals surface area (Å²) in [6.45, 7) is 0.791. The molecule has 0 aromatic heterocycles. The summed E-state index contributed by atoms with van der Waals surface area (Å²) in [6.07, 6.45) is 7.95. The number of carbonyl (C=O) groups is 1. The molecule has 98 valence electrons. The summed E-state index contributed by atoms with van der Waals surface area (Å²) in [6, 6.07) is 0. The van der Waals surface area contributed by atoms with Crippen LogP contribution >= 0.6 is 0 Å². The van der Waals surface area contributed by atoms with Crippen molar-refractivity contribution in [1.82, 2.24) is 5.32 Å². The summed E-state index contributed by atoms with van der Waals surface area (Å²) in [4.78, 5) is 11.8. The Labute approximate surface area is 103 Å². The molecular formula is C13H24N2O2. The van der Waals surface area contributed by atoms with Gasteiger partial charge in [0.05, 0.1) is 6.61 Å². The van der Waals surface area contributed by atoms with Gasteiger partial charge in [0.25, 0.3) is 0 Å². The highest BCUT2D eigenvalue weighted by molar-refractivity contribution is 5.77. The van der Waals surface area contributed by atoms with Crippen molar-refractivity contribution in [3.63, 3.8) is 0 Å². The predicted octanol–water partition coefficient (Wildman–Crippen LogP) is 0.927. The van der Waals surface area contributed by atoms with Crippen molar-refractivity contribution >= 4 is 5.91 Å². The summed E-state index contributed by atoms with van der Waals surface area (Å²) in [5.41, 5.74) is 5.95. The molecule has 0 saturated heterocycles. The molecule has 4 N–H and O–H groups in total. The molecule has 0 aromatic carbocycles. The Balaban J connectivity index is 1.73. The highest BCUT2D eigenvalue weighted by Crippen LogP contribution is 2.44. The van der Waals surface area contributed by atoms with Gasteiger partial charge in [-0.3, -0.25) is 4.79 Å². The Hall–Kier alpha value is -0.610. The first-order chi connectivity index (χ1) is 8.08. The molecule has 17 heavy (non-hydrogen) atoms. The van der Waals surface area contributed by atoms with E-state index in [0.29, 0.717) is 13.0 Å². The lowest BCUT2D eigenvalue weighted by Crippen LogP contribution is -2.46. The molecule has 2 aliphatic carbocycles. The van der Waals surface area contributed by atoms with Crippen molar-refractivity contribution in [2.45, 2.75) is 56.9 Å². The van der Waals surface area contributed by atoms with Gasteiger partial charge in [-0.2, -0.15) is 0 Å². The van der Waals surface area contributed by atoms with Gasteiger partial charge in [-0.15, -0.1) is 0 Å². The molecule has 0 atom stereocenters. The van der Waals surface area contributed by atoms with Crippen LogP contribution in [0.3, 0.4) is 0 Å². The quantitative estimate of drug-likeness (QED) is 0.669. The standard InChI is InChI=1S/C13H24N2O2/c14-13(4-2-1-3-5-13)8-11(17)15-9-12(10-16)6-7-12/h16H,1-10,14H2,(H,15,17). The highest BCUT2D eigenvalue weighted by atomic mass is 16.3. The van der Waals surface area contributed by atoms with E-state index in [1.807, 2.05) is 0 Å². The SMILES string of the molecule is NC1(CC(=O)NCC2(CO)CC2)CCCCC1. The summed E-state index contributed by atoms with van der Waals surface area (Å²) >= 11 is 0. The van der Waals surface area contributed by atoms with Crippen LogP contribution in [0.25, 0.3) is 0 Å². The van der Waals surface area contributed by atoms with E-state index in [0.717, 1.165) is 38.5 Å². The molecule has 4 heteroatoms. The molecule has 0 unspecified atom stereocenters. The molecule has 0 heterocycles. The third kappa shape index (κ3) is 3.42. The Kier molecular flexibility index (Phi) is 3.73. The maximum absolute atomic E-state index is 11.8. The van der Waals surface area contributed by atoms with Crippen LogP contribution in [0.4, 0.5) is 0 Å². The average Bonchev–Trinajstić information content (AvgIpc) is 3.07. The minimum Gasteiger partial charge on any atom is -0.396 e. The minimum atomic E-state index is -0.280. The van der Waals surface area contributed by atoms with Gasteiger partial charge in [-0.25, -0.2) is 0 Å². The number of aliphatic hydroxyl groups is 1. The molecule has 2 aliphatic rings. The molecule has 4 nitrogen and oxygen atoms in total. The summed E-state index contributed by atoms with van der Waals surface area (Å²) in [5.74, 6) is 0.0501. The van der Waals surface area contributed by atoms with Gasteiger partial charge in [0.1, 0.15) is 0 Å². The zero-order valence-electron chi connectivity index (χ0n) is 10.5. The predicted molar refractivity (Wildman–Crippen MR) is 66.4 cm³/mol. The Morgan fingerprint density at radius 1 is 1.18 bits per heavy atom. The van der Waals surface area contributed by atoms with E-state index in [-0.39, 0.29) is 23.5 Å². The van der Waals surface area contributed by atoms with Crippen molar-refractivity contribution in [3.8, 4) is 0 Å². The number of carbonyl (C=O) groups excluding carboxylic acids is 1. The largest absolute Gasteiger partial charge is 0.396 e. The van der Waals surface area contributed by atoms with Gasteiger partial charge >= 0.3 is 0 Å². The second kappa shape index (κ2) is 4.94. The molecule has 2 fully saturated rings. The summed E-state index contributed by atoms with van der Waals surface area (Å²) in [7, 11) is 0. The lowest BCUT2D eigenvalue weighted by atomic mass is 9.80. The number of amides is 1. The fraction of sp³-hybridized carbons (Fsp3) is 0.923. The van der Waals surface area contributed by atoms with E-state index in [9.17, 15) is 4.79 Å². The van der Waals surface area contributed by atoms with Crippen LogP contribution in [0.2, 0.25) is 0 Å². The van der Waals surface area contributed by atoms with E-state index in [4.69, 9.17) is 10.8 Å². The van der Waals surface area contributed by atoms with Gasteiger partial charge in [0, 0.05) is 23.9 Å². The molecule has 0 radical (unpaired) electrons. The molecule has 2 rings (SSSR count). The number of hydrogen-bond acceptors (Lipinski definition) is 3. The van der Waals surface area contributed by atoms with Crippen molar-refractivity contribution in [3.05, 3.63) is 0 Å². The first-order valence-electron chi connectivity index (χ1n) is 6.74.